The molecule has 0 aliphatic carbocycles. The van der Waals surface area contributed by atoms with E-state index >= 15 is 0 Å². The molecule has 0 spiro atoms. The minimum absolute atomic E-state index is 0.155. The molecule has 0 atom stereocenters. The predicted molar refractivity (Wildman–Crippen MR) is 35.6 cm³/mol. The zero-order valence-electron chi connectivity index (χ0n) is 5.89. The zero-order chi connectivity index (χ0) is 7.98. The molecule has 0 fully saturated rings. The highest BCUT2D eigenvalue weighted by molar-refractivity contribution is 5.86. The zero-order valence-corrected chi connectivity index (χ0v) is 5.89. The first kappa shape index (κ1) is 9.13. The smallest absolute Gasteiger partial charge is 0.333 e. The lowest BCUT2D eigenvalue weighted by atomic mass is 10.4. The molecule has 0 heterocycles. The van der Waals surface area contributed by atoms with Crippen LogP contribution in [0.15, 0.2) is 12.2 Å². The average molecular weight is 145 g/mol. The van der Waals surface area contributed by atoms with Gasteiger partial charge in [-0.3, -0.25) is 0 Å². The van der Waals surface area contributed by atoms with Crippen LogP contribution >= 0.6 is 0 Å². The van der Waals surface area contributed by atoms with Crippen LogP contribution in [0.2, 0.25) is 0 Å². The van der Waals surface area contributed by atoms with Gasteiger partial charge in [0.2, 0.25) is 0 Å². The van der Waals surface area contributed by atoms with E-state index in [0.29, 0.717) is 5.57 Å². The molecule has 0 saturated carbocycles. The molecule has 0 radical (unpaired) electrons. The van der Waals surface area contributed by atoms with Crippen molar-refractivity contribution in [1.29, 1.82) is 0 Å². The number of nitrogens with one attached hydrogen (secondary N) is 1. The Morgan fingerprint density at radius 3 is 2.80 bits per heavy atom. The standard InChI is InChI=1S/C6H11NO3/c1-5(2)6(8)10-4-3-7-9/h7,9H,1,3-4H2,2H3. The van der Waals surface area contributed by atoms with Crippen LogP contribution < -0.4 is 5.48 Å². The van der Waals surface area contributed by atoms with E-state index in [1.54, 1.807) is 6.92 Å². The number of carbonyl (C=O) groups excluding carboxylic acids is 1. The van der Waals surface area contributed by atoms with Gasteiger partial charge in [-0.2, -0.15) is 0 Å². The first-order chi connectivity index (χ1) is 4.68. The summed E-state index contributed by atoms with van der Waals surface area (Å²) in [4.78, 5) is 10.6. The Morgan fingerprint density at radius 2 is 2.40 bits per heavy atom. The van der Waals surface area contributed by atoms with Gasteiger partial charge in [-0.15, -0.1) is 0 Å². The van der Waals surface area contributed by atoms with Crippen LogP contribution in [0.4, 0.5) is 0 Å². The maximum atomic E-state index is 10.6. The summed E-state index contributed by atoms with van der Waals surface area (Å²) in [5.74, 6) is -0.435. The molecule has 0 aromatic rings. The Kier molecular flexibility index (Phi) is 4.53. The summed E-state index contributed by atoms with van der Waals surface area (Å²) in [5, 5.41) is 8.05. The number of hydrogen-bond donors (Lipinski definition) is 2. The van der Waals surface area contributed by atoms with Crippen LogP contribution in [-0.2, 0) is 9.53 Å². The second kappa shape index (κ2) is 4.96. The van der Waals surface area contributed by atoms with Gasteiger partial charge in [-0.05, 0) is 6.92 Å². The minimum Gasteiger partial charge on any atom is -0.461 e. The second-order valence-corrected chi connectivity index (χ2v) is 1.82. The molecule has 0 saturated heterocycles. The molecule has 0 rings (SSSR count). The summed E-state index contributed by atoms with van der Waals surface area (Å²) in [7, 11) is 0. The lowest BCUT2D eigenvalue weighted by molar-refractivity contribution is -0.139. The van der Waals surface area contributed by atoms with Crippen molar-refractivity contribution in [3.63, 3.8) is 0 Å². The SMILES string of the molecule is C=C(C)C(=O)OCCNO. The summed E-state index contributed by atoms with van der Waals surface area (Å²) >= 11 is 0. The van der Waals surface area contributed by atoms with Crippen LogP contribution in [0.5, 0.6) is 0 Å². The molecule has 2 N–H and O–H groups in total. The molecule has 4 heteroatoms. The Balaban J connectivity index is 3.31. The Bertz CT molecular complexity index is 133. The third kappa shape index (κ3) is 4.05. The number of ether oxygens (including phenoxy) is 1. The summed E-state index contributed by atoms with van der Waals surface area (Å²) in [6.07, 6.45) is 0. The van der Waals surface area contributed by atoms with Gasteiger partial charge in [0.1, 0.15) is 6.61 Å². The minimum atomic E-state index is -0.435. The van der Waals surface area contributed by atoms with Crippen molar-refractivity contribution in [2.45, 2.75) is 6.92 Å². The van der Waals surface area contributed by atoms with Crippen molar-refractivity contribution in [3.8, 4) is 0 Å². The topological polar surface area (TPSA) is 58.6 Å². The van der Waals surface area contributed by atoms with Crippen molar-refractivity contribution >= 4 is 5.97 Å². The normalized spacial score (nSPS) is 9.00. The van der Waals surface area contributed by atoms with Gasteiger partial charge in [0.05, 0.1) is 6.54 Å². The van der Waals surface area contributed by atoms with E-state index in [2.05, 4.69) is 11.3 Å². The monoisotopic (exact) mass is 145 g/mol. The average Bonchev–Trinajstić information content (AvgIpc) is 1.88. The second-order valence-electron chi connectivity index (χ2n) is 1.82. The lowest BCUT2D eigenvalue weighted by Gasteiger charge is -2.01. The Morgan fingerprint density at radius 1 is 1.80 bits per heavy atom. The molecule has 0 aromatic heterocycles. The van der Waals surface area contributed by atoms with Gasteiger partial charge in [-0.1, -0.05) is 6.58 Å². The van der Waals surface area contributed by atoms with Crippen LogP contribution in [-0.4, -0.2) is 24.3 Å². The van der Waals surface area contributed by atoms with Gasteiger partial charge in [0, 0.05) is 5.57 Å². The molecular formula is C6H11NO3. The van der Waals surface area contributed by atoms with Gasteiger partial charge in [-0.25, -0.2) is 10.3 Å². The van der Waals surface area contributed by atoms with E-state index < -0.39 is 5.97 Å². The molecule has 10 heavy (non-hydrogen) atoms. The maximum absolute atomic E-state index is 10.6. The van der Waals surface area contributed by atoms with Crippen molar-refractivity contribution in [2.75, 3.05) is 13.2 Å². The van der Waals surface area contributed by atoms with Gasteiger partial charge >= 0.3 is 5.97 Å². The fraction of sp³-hybridized carbons (Fsp3) is 0.500. The summed E-state index contributed by atoms with van der Waals surface area (Å²) < 4.78 is 4.58. The van der Waals surface area contributed by atoms with E-state index in [4.69, 9.17) is 5.21 Å². The maximum Gasteiger partial charge on any atom is 0.333 e. The Labute approximate surface area is 59.4 Å². The van der Waals surface area contributed by atoms with E-state index in [1.165, 1.54) is 0 Å². The molecule has 0 aliphatic heterocycles. The number of esters is 1. The summed E-state index contributed by atoms with van der Waals surface area (Å²) in [5.41, 5.74) is 2.21. The predicted octanol–water partition coefficient (Wildman–Crippen LogP) is 0.0845. The van der Waals surface area contributed by atoms with E-state index in [-0.39, 0.29) is 13.2 Å². The molecule has 0 aliphatic rings. The number of hydroxylamine groups is 1. The van der Waals surface area contributed by atoms with Gasteiger partial charge in [0.15, 0.2) is 0 Å². The number of rotatable bonds is 4. The lowest BCUT2D eigenvalue weighted by Crippen LogP contribution is -2.17. The molecular weight excluding hydrogens is 134 g/mol. The van der Waals surface area contributed by atoms with E-state index in [0.717, 1.165) is 0 Å². The summed E-state index contributed by atoms with van der Waals surface area (Å²) in [6, 6.07) is 0. The number of carbonyl (C=O) groups is 1. The van der Waals surface area contributed by atoms with Gasteiger partial charge < -0.3 is 9.94 Å². The van der Waals surface area contributed by atoms with Gasteiger partial charge in [0.25, 0.3) is 0 Å². The third-order valence-electron chi connectivity index (χ3n) is 0.795. The highest BCUT2D eigenvalue weighted by Gasteiger charge is 2.00. The van der Waals surface area contributed by atoms with Crippen LogP contribution in [0, 0.1) is 0 Å². The van der Waals surface area contributed by atoms with Crippen molar-refractivity contribution in [2.24, 2.45) is 0 Å². The van der Waals surface area contributed by atoms with Crippen molar-refractivity contribution in [3.05, 3.63) is 12.2 Å². The fourth-order valence-electron chi connectivity index (χ4n) is 0.313. The highest BCUT2D eigenvalue weighted by atomic mass is 16.5. The third-order valence-corrected chi connectivity index (χ3v) is 0.795. The number of hydrogen-bond acceptors (Lipinski definition) is 4. The first-order valence-electron chi connectivity index (χ1n) is 2.88. The summed E-state index contributed by atoms with van der Waals surface area (Å²) in [6.45, 7) is 5.33. The first-order valence-corrected chi connectivity index (χ1v) is 2.88. The van der Waals surface area contributed by atoms with E-state index in [9.17, 15) is 4.79 Å². The molecule has 0 amide bonds. The molecule has 0 aromatic carbocycles. The van der Waals surface area contributed by atoms with Crippen molar-refractivity contribution in [1.82, 2.24) is 5.48 Å². The fourth-order valence-corrected chi connectivity index (χ4v) is 0.313. The van der Waals surface area contributed by atoms with E-state index in [1.807, 2.05) is 5.48 Å². The largest absolute Gasteiger partial charge is 0.461 e. The Hall–Kier alpha value is -0.870. The van der Waals surface area contributed by atoms with Crippen LogP contribution in [0.25, 0.3) is 0 Å². The van der Waals surface area contributed by atoms with Crippen molar-refractivity contribution < 1.29 is 14.7 Å². The molecule has 0 unspecified atom stereocenters. The van der Waals surface area contributed by atoms with Crippen LogP contribution in [0.1, 0.15) is 6.92 Å². The molecule has 58 valence electrons. The highest BCUT2D eigenvalue weighted by Crippen LogP contribution is 1.89. The van der Waals surface area contributed by atoms with Crippen LogP contribution in [0.3, 0.4) is 0 Å². The quantitative estimate of drug-likeness (QED) is 0.254. The molecule has 0 bridgehead atoms. The molecule has 4 nitrogen and oxygen atoms in total.